The molecule has 4 heteroatoms. The van der Waals surface area contributed by atoms with Gasteiger partial charge in [0.2, 0.25) is 5.91 Å². The van der Waals surface area contributed by atoms with E-state index in [1.807, 2.05) is 7.05 Å². The molecule has 1 aliphatic carbocycles. The van der Waals surface area contributed by atoms with E-state index in [-0.39, 0.29) is 18.6 Å². The summed E-state index contributed by atoms with van der Waals surface area (Å²) in [5.74, 6) is 0.0273. The lowest BCUT2D eigenvalue weighted by Gasteiger charge is -2.28. The molecule has 0 saturated heterocycles. The van der Waals surface area contributed by atoms with Gasteiger partial charge >= 0.3 is 0 Å². The molecule has 0 atom stereocenters. The lowest BCUT2D eigenvalue weighted by Crippen LogP contribution is -2.38. The van der Waals surface area contributed by atoms with Crippen LogP contribution in [0, 0.1) is 0 Å². The summed E-state index contributed by atoms with van der Waals surface area (Å²) in [4.78, 5) is 11.7. The van der Waals surface area contributed by atoms with Crippen LogP contribution in [0.3, 0.4) is 0 Å². The summed E-state index contributed by atoms with van der Waals surface area (Å²) >= 11 is 0. The van der Waals surface area contributed by atoms with Gasteiger partial charge in [0.15, 0.2) is 0 Å². The summed E-state index contributed by atoms with van der Waals surface area (Å²) in [6.07, 6.45) is 6.64. The predicted octanol–water partition coefficient (Wildman–Crippen LogP) is 1.84. The van der Waals surface area contributed by atoms with Gasteiger partial charge in [-0.05, 0) is 45.6 Å². The molecule has 1 amide bonds. The molecule has 0 unspecified atom stereocenters. The van der Waals surface area contributed by atoms with E-state index in [1.54, 1.807) is 0 Å². The number of amides is 1. The van der Waals surface area contributed by atoms with Crippen molar-refractivity contribution in [2.45, 2.75) is 70.6 Å². The highest BCUT2D eigenvalue weighted by Gasteiger charge is 2.21. The Labute approximate surface area is 111 Å². The van der Waals surface area contributed by atoms with Crippen LogP contribution in [-0.2, 0) is 9.53 Å². The Kier molecular flexibility index (Phi) is 7.28. The quantitative estimate of drug-likeness (QED) is 0.731. The van der Waals surface area contributed by atoms with E-state index in [0.29, 0.717) is 12.1 Å². The maximum absolute atomic E-state index is 11.7. The molecule has 0 heterocycles. The van der Waals surface area contributed by atoms with E-state index in [4.69, 9.17) is 4.74 Å². The first-order valence-electron chi connectivity index (χ1n) is 7.27. The average Bonchev–Trinajstić information content (AvgIpc) is 2.43. The molecule has 0 bridgehead atoms. The van der Waals surface area contributed by atoms with Crippen LogP contribution in [0.1, 0.15) is 52.4 Å². The molecular weight excluding hydrogens is 228 g/mol. The zero-order valence-electron chi connectivity index (χ0n) is 12.0. The molecule has 0 spiro atoms. The average molecular weight is 256 g/mol. The molecule has 1 rings (SSSR count). The standard InChI is InChI=1S/C14H28N2O2/c1-4-11(5-2)16-14(17)10-18-13-8-6-12(15-3)7-9-13/h11-13,15H,4-10H2,1-3H3,(H,16,17). The highest BCUT2D eigenvalue weighted by atomic mass is 16.5. The third kappa shape index (κ3) is 5.36. The fourth-order valence-electron chi connectivity index (χ4n) is 2.47. The van der Waals surface area contributed by atoms with Gasteiger partial charge in [0.05, 0.1) is 6.10 Å². The zero-order chi connectivity index (χ0) is 13.4. The first-order valence-corrected chi connectivity index (χ1v) is 7.27. The van der Waals surface area contributed by atoms with E-state index < -0.39 is 0 Å². The smallest absolute Gasteiger partial charge is 0.246 e. The number of nitrogens with one attached hydrogen (secondary N) is 2. The third-order valence-electron chi connectivity index (χ3n) is 3.88. The van der Waals surface area contributed by atoms with Crippen molar-refractivity contribution < 1.29 is 9.53 Å². The largest absolute Gasteiger partial charge is 0.368 e. The summed E-state index contributed by atoms with van der Waals surface area (Å²) < 4.78 is 5.69. The Bertz CT molecular complexity index is 234. The Morgan fingerprint density at radius 1 is 1.22 bits per heavy atom. The number of hydrogen-bond donors (Lipinski definition) is 2. The van der Waals surface area contributed by atoms with Gasteiger partial charge in [0.25, 0.3) is 0 Å². The van der Waals surface area contributed by atoms with E-state index in [1.165, 1.54) is 0 Å². The van der Waals surface area contributed by atoms with Crippen molar-refractivity contribution in [1.29, 1.82) is 0 Å². The molecule has 0 aliphatic heterocycles. The Morgan fingerprint density at radius 2 is 1.83 bits per heavy atom. The van der Waals surface area contributed by atoms with Crippen LogP contribution in [0.15, 0.2) is 0 Å². The fourth-order valence-corrected chi connectivity index (χ4v) is 2.47. The number of hydrogen-bond acceptors (Lipinski definition) is 3. The van der Waals surface area contributed by atoms with Crippen molar-refractivity contribution in [3.63, 3.8) is 0 Å². The number of carbonyl (C=O) groups is 1. The van der Waals surface area contributed by atoms with E-state index in [9.17, 15) is 4.79 Å². The minimum Gasteiger partial charge on any atom is -0.368 e. The van der Waals surface area contributed by atoms with Gasteiger partial charge in [-0.25, -0.2) is 0 Å². The molecule has 2 N–H and O–H groups in total. The molecule has 106 valence electrons. The second kappa shape index (κ2) is 8.48. The first-order chi connectivity index (χ1) is 8.69. The topological polar surface area (TPSA) is 50.4 Å². The van der Waals surface area contributed by atoms with Crippen molar-refractivity contribution in [1.82, 2.24) is 10.6 Å². The Balaban J connectivity index is 2.15. The van der Waals surface area contributed by atoms with Gasteiger partial charge in [-0.15, -0.1) is 0 Å². The summed E-state index contributed by atoms with van der Waals surface area (Å²) in [6, 6.07) is 0.921. The molecule has 18 heavy (non-hydrogen) atoms. The molecule has 1 fully saturated rings. The van der Waals surface area contributed by atoms with E-state index >= 15 is 0 Å². The van der Waals surface area contributed by atoms with Crippen molar-refractivity contribution >= 4 is 5.91 Å². The van der Waals surface area contributed by atoms with Gasteiger partial charge in [-0.2, -0.15) is 0 Å². The van der Waals surface area contributed by atoms with Gasteiger partial charge in [0.1, 0.15) is 6.61 Å². The molecular formula is C14H28N2O2. The van der Waals surface area contributed by atoms with Gasteiger partial charge in [-0.3, -0.25) is 4.79 Å². The molecule has 4 nitrogen and oxygen atoms in total. The minimum atomic E-state index is 0.0273. The maximum Gasteiger partial charge on any atom is 0.246 e. The molecule has 0 radical (unpaired) electrons. The van der Waals surface area contributed by atoms with Gasteiger partial charge in [0, 0.05) is 12.1 Å². The fraction of sp³-hybridized carbons (Fsp3) is 0.929. The molecule has 1 aliphatic rings. The Morgan fingerprint density at radius 3 is 2.33 bits per heavy atom. The van der Waals surface area contributed by atoms with Gasteiger partial charge < -0.3 is 15.4 Å². The normalized spacial score (nSPS) is 24.2. The molecule has 0 aromatic carbocycles. The first kappa shape index (κ1) is 15.4. The summed E-state index contributed by atoms with van der Waals surface area (Å²) in [5.41, 5.74) is 0. The third-order valence-corrected chi connectivity index (χ3v) is 3.88. The number of carbonyl (C=O) groups excluding carboxylic acids is 1. The highest BCUT2D eigenvalue weighted by Crippen LogP contribution is 2.20. The Hall–Kier alpha value is -0.610. The van der Waals surface area contributed by atoms with Crippen LogP contribution in [-0.4, -0.2) is 37.7 Å². The van der Waals surface area contributed by atoms with Crippen molar-refractivity contribution in [3.05, 3.63) is 0 Å². The predicted molar refractivity (Wildman–Crippen MR) is 73.6 cm³/mol. The van der Waals surface area contributed by atoms with Crippen molar-refractivity contribution in [3.8, 4) is 0 Å². The second-order valence-electron chi connectivity index (χ2n) is 5.15. The summed E-state index contributed by atoms with van der Waals surface area (Å²) in [6.45, 7) is 4.40. The second-order valence-corrected chi connectivity index (χ2v) is 5.15. The molecule has 0 aromatic heterocycles. The number of ether oxygens (including phenoxy) is 1. The van der Waals surface area contributed by atoms with Crippen LogP contribution in [0.4, 0.5) is 0 Å². The summed E-state index contributed by atoms with van der Waals surface area (Å²) in [5, 5.41) is 6.30. The minimum absolute atomic E-state index is 0.0273. The van der Waals surface area contributed by atoms with Crippen LogP contribution >= 0.6 is 0 Å². The zero-order valence-corrected chi connectivity index (χ0v) is 12.0. The number of rotatable bonds is 7. The monoisotopic (exact) mass is 256 g/mol. The van der Waals surface area contributed by atoms with Crippen LogP contribution in [0.25, 0.3) is 0 Å². The van der Waals surface area contributed by atoms with Gasteiger partial charge in [-0.1, -0.05) is 13.8 Å². The van der Waals surface area contributed by atoms with Crippen molar-refractivity contribution in [2.24, 2.45) is 0 Å². The van der Waals surface area contributed by atoms with Crippen LogP contribution in [0.5, 0.6) is 0 Å². The lowest BCUT2D eigenvalue weighted by atomic mass is 9.93. The van der Waals surface area contributed by atoms with Crippen molar-refractivity contribution in [2.75, 3.05) is 13.7 Å². The SMILES string of the molecule is CCC(CC)NC(=O)COC1CCC(NC)CC1. The molecule has 0 aromatic rings. The van der Waals surface area contributed by atoms with Crippen LogP contribution < -0.4 is 10.6 Å². The summed E-state index contributed by atoms with van der Waals surface area (Å²) in [7, 11) is 2.01. The lowest BCUT2D eigenvalue weighted by molar-refractivity contribution is -0.129. The molecule has 1 saturated carbocycles. The van der Waals surface area contributed by atoms with Crippen LogP contribution in [0.2, 0.25) is 0 Å². The maximum atomic E-state index is 11.7. The van der Waals surface area contributed by atoms with E-state index in [0.717, 1.165) is 38.5 Å². The highest BCUT2D eigenvalue weighted by molar-refractivity contribution is 5.77. The van der Waals surface area contributed by atoms with E-state index in [2.05, 4.69) is 24.5 Å².